The average Bonchev–Trinajstić information content (AvgIpc) is 2.35. The topological polar surface area (TPSA) is 69.6 Å². The summed E-state index contributed by atoms with van der Waals surface area (Å²) in [6.07, 6.45) is 3.57. The molecular weight excluding hydrogens is 240 g/mol. The molecule has 1 aliphatic rings. The first kappa shape index (κ1) is 14.9. The van der Waals surface area contributed by atoms with Gasteiger partial charge in [-0.1, -0.05) is 26.7 Å². The zero-order valence-corrected chi connectivity index (χ0v) is 11.5. The Kier molecular flexibility index (Phi) is 5.85. The lowest BCUT2D eigenvalue weighted by molar-refractivity contribution is 0.153. The summed E-state index contributed by atoms with van der Waals surface area (Å²) < 4.78 is 28.2. The number of nitrogens with one attached hydrogen (secondary N) is 1. The molecule has 0 spiro atoms. The van der Waals surface area contributed by atoms with Crippen molar-refractivity contribution in [2.24, 2.45) is 5.92 Å². The molecule has 0 radical (unpaired) electrons. The van der Waals surface area contributed by atoms with E-state index in [0.29, 0.717) is 19.0 Å². The number of piperidine rings is 1. The third-order valence-corrected chi connectivity index (χ3v) is 5.03. The van der Waals surface area contributed by atoms with Crippen molar-refractivity contribution in [3.63, 3.8) is 0 Å². The fourth-order valence-electron chi connectivity index (χ4n) is 1.95. The molecule has 1 heterocycles. The summed E-state index contributed by atoms with van der Waals surface area (Å²) >= 11 is 0. The molecule has 0 aromatic heterocycles. The van der Waals surface area contributed by atoms with Crippen molar-refractivity contribution in [2.75, 3.05) is 19.7 Å². The van der Waals surface area contributed by atoms with Crippen LogP contribution in [0.4, 0.5) is 0 Å². The first-order valence-electron chi connectivity index (χ1n) is 6.38. The third-order valence-electron chi connectivity index (χ3n) is 3.40. The summed E-state index contributed by atoms with van der Waals surface area (Å²) in [6.45, 7) is 4.94. The molecule has 2 atom stereocenters. The lowest BCUT2D eigenvalue weighted by Crippen LogP contribution is -2.51. The number of hydrogen-bond acceptors (Lipinski definition) is 3. The van der Waals surface area contributed by atoms with Gasteiger partial charge in [0.05, 0.1) is 6.61 Å². The van der Waals surface area contributed by atoms with E-state index in [2.05, 4.69) is 4.72 Å². The highest BCUT2D eigenvalue weighted by molar-refractivity contribution is 7.87. The maximum atomic E-state index is 12.1. The Bertz CT molecular complexity index is 319. The van der Waals surface area contributed by atoms with Gasteiger partial charge in [0, 0.05) is 19.1 Å². The fraction of sp³-hybridized carbons (Fsp3) is 1.00. The van der Waals surface area contributed by atoms with Gasteiger partial charge in [0.2, 0.25) is 0 Å². The van der Waals surface area contributed by atoms with Gasteiger partial charge in [-0.15, -0.1) is 0 Å². The maximum Gasteiger partial charge on any atom is 0.279 e. The van der Waals surface area contributed by atoms with E-state index in [1.54, 1.807) is 0 Å². The molecule has 5 nitrogen and oxygen atoms in total. The molecule has 0 aromatic rings. The van der Waals surface area contributed by atoms with Crippen LogP contribution in [-0.4, -0.2) is 43.6 Å². The van der Waals surface area contributed by atoms with Gasteiger partial charge in [-0.2, -0.15) is 12.7 Å². The van der Waals surface area contributed by atoms with E-state index < -0.39 is 10.2 Å². The van der Waals surface area contributed by atoms with E-state index in [9.17, 15) is 13.5 Å². The molecular formula is C11H24N2O3S. The number of aliphatic hydroxyl groups is 1. The van der Waals surface area contributed by atoms with Crippen LogP contribution in [-0.2, 0) is 10.2 Å². The van der Waals surface area contributed by atoms with Gasteiger partial charge in [-0.3, -0.25) is 0 Å². The van der Waals surface area contributed by atoms with Crippen molar-refractivity contribution in [1.29, 1.82) is 0 Å². The average molecular weight is 264 g/mol. The van der Waals surface area contributed by atoms with Gasteiger partial charge in [0.25, 0.3) is 10.2 Å². The second kappa shape index (κ2) is 6.68. The second-order valence-electron chi connectivity index (χ2n) is 4.81. The molecule has 1 fully saturated rings. The number of nitrogens with zero attached hydrogens (tertiary/aromatic N) is 1. The molecule has 17 heavy (non-hydrogen) atoms. The molecule has 2 N–H and O–H groups in total. The minimum Gasteiger partial charge on any atom is -0.395 e. The molecule has 0 aromatic carbocycles. The van der Waals surface area contributed by atoms with Gasteiger partial charge >= 0.3 is 0 Å². The Morgan fingerprint density at radius 2 is 2.18 bits per heavy atom. The molecule has 2 unspecified atom stereocenters. The van der Waals surface area contributed by atoms with Crippen LogP contribution in [0.25, 0.3) is 0 Å². The summed E-state index contributed by atoms with van der Waals surface area (Å²) in [7, 11) is -3.43. The van der Waals surface area contributed by atoms with Crippen molar-refractivity contribution >= 4 is 10.2 Å². The first-order valence-corrected chi connectivity index (χ1v) is 7.82. The normalized spacial score (nSPS) is 24.8. The highest BCUT2D eigenvalue weighted by Crippen LogP contribution is 2.19. The Balaban J connectivity index is 2.61. The lowest BCUT2D eigenvalue weighted by Gasteiger charge is -2.33. The largest absolute Gasteiger partial charge is 0.395 e. The van der Waals surface area contributed by atoms with Crippen LogP contribution in [0.1, 0.15) is 39.5 Å². The van der Waals surface area contributed by atoms with Gasteiger partial charge in [0.1, 0.15) is 0 Å². The monoisotopic (exact) mass is 264 g/mol. The van der Waals surface area contributed by atoms with Gasteiger partial charge in [-0.25, -0.2) is 4.72 Å². The quantitative estimate of drug-likeness (QED) is 0.742. The minimum absolute atomic E-state index is 0.0930. The van der Waals surface area contributed by atoms with Crippen molar-refractivity contribution in [1.82, 2.24) is 9.03 Å². The summed E-state index contributed by atoms with van der Waals surface area (Å²) in [5.41, 5.74) is 0. The van der Waals surface area contributed by atoms with E-state index in [1.807, 2.05) is 13.8 Å². The van der Waals surface area contributed by atoms with Crippen LogP contribution >= 0.6 is 0 Å². The summed E-state index contributed by atoms with van der Waals surface area (Å²) in [5.74, 6) is 0.335. The van der Waals surface area contributed by atoms with Crippen LogP contribution in [0.3, 0.4) is 0 Å². The van der Waals surface area contributed by atoms with Crippen molar-refractivity contribution in [2.45, 2.75) is 45.6 Å². The molecule has 6 heteroatoms. The summed E-state index contributed by atoms with van der Waals surface area (Å²) in [6, 6.07) is -0.252. The Hall–Kier alpha value is -0.170. The third kappa shape index (κ3) is 4.21. The maximum absolute atomic E-state index is 12.1. The fourth-order valence-corrected chi connectivity index (χ4v) is 3.54. The van der Waals surface area contributed by atoms with Crippen molar-refractivity contribution in [3.05, 3.63) is 0 Å². The van der Waals surface area contributed by atoms with Crippen LogP contribution in [0.2, 0.25) is 0 Å². The molecule has 1 rings (SSSR count). The molecule has 102 valence electrons. The van der Waals surface area contributed by atoms with Gasteiger partial charge in [0.15, 0.2) is 0 Å². The Morgan fingerprint density at radius 3 is 2.76 bits per heavy atom. The molecule has 0 amide bonds. The van der Waals surface area contributed by atoms with E-state index in [-0.39, 0.29) is 12.6 Å². The standard InChI is InChI=1S/C11H24N2O3S/c1-3-10(2)8-12-17(15,16)13-7-5-4-6-11(13)9-14/h10-12,14H,3-9H2,1-2H3. The van der Waals surface area contributed by atoms with Crippen LogP contribution in [0, 0.1) is 5.92 Å². The van der Waals surface area contributed by atoms with Gasteiger partial charge < -0.3 is 5.11 Å². The zero-order valence-electron chi connectivity index (χ0n) is 10.7. The van der Waals surface area contributed by atoms with Crippen molar-refractivity contribution < 1.29 is 13.5 Å². The van der Waals surface area contributed by atoms with E-state index >= 15 is 0 Å². The predicted octanol–water partition coefficient (Wildman–Crippen LogP) is 0.714. The van der Waals surface area contributed by atoms with Gasteiger partial charge in [-0.05, 0) is 18.8 Å². The Labute approximate surface area is 104 Å². The molecule has 0 aliphatic carbocycles. The number of rotatable bonds is 6. The molecule has 0 saturated carbocycles. The molecule has 1 saturated heterocycles. The smallest absolute Gasteiger partial charge is 0.279 e. The van der Waals surface area contributed by atoms with Crippen molar-refractivity contribution in [3.8, 4) is 0 Å². The number of hydrogen-bond donors (Lipinski definition) is 2. The SMILES string of the molecule is CCC(C)CNS(=O)(=O)N1CCCCC1CO. The first-order chi connectivity index (χ1) is 8.01. The van der Waals surface area contributed by atoms with E-state index in [0.717, 1.165) is 25.7 Å². The molecule has 1 aliphatic heterocycles. The highest BCUT2D eigenvalue weighted by Gasteiger charge is 2.31. The van der Waals surface area contributed by atoms with Crippen LogP contribution in [0.15, 0.2) is 0 Å². The van der Waals surface area contributed by atoms with E-state index in [1.165, 1.54) is 4.31 Å². The number of aliphatic hydroxyl groups excluding tert-OH is 1. The predicted molar refractivity (Wildman–Crippen MR) is 67.8 cm³/mol. The zero-order chi connectivity index (χ0) is 12.9. The minimum atomic E-state index is -3.43. The van der Waals surface area contributed by atoms with Crippen LogP contribution < -0.4 is 4.72 Å². The summed E-state index contributed by atoms with van der Waals surface area (Å²) in [5, 5.41) is 9.21. The Morgan fingerprint density at radius 1 is 1.47 bits per heavy atom. The van der Waals surface area contributed by atoms with Crippen LogP contribution in [0.5, 0.6) is 0 Å². The lowest BCUT2D eigenvalue weighted by atomic mass is 10.1. The molecule has 0 bridgehead atoms. The highest BCUT2D eigenvalue weighted by atomic mass is 32.2. The summed E-state index contributed by atoms with van der Waals surface area (Å²) in [4.78, 5) is 0. The van der Waals surface area contributed by atoms with E-state index in [4.69, 9.17) is 0 Å². The second-order valence-corrected chi connectivity index (χ2v) is 6.52.